The molecule has 0 spiro atoms. The molecule has 3 aliphatic rings. The lowest BCUT2D eigenvalue weighted by Gasteiger charge is -2.34. The van der Waals surface area contributed by atoms with Crippen LogP contribution in [0.25, 0.3) is 54.9 Å². The van der Waals surface area contributed by atoms with Crippen LogP contribution < -0.4 is 25.7 Å². The van der Waals surface area contributed by atoms with E-state index in [9.17, 15) is 0 Å². The van der Waals surface area contributed by atoms with Crippen LogP contribution in [0.5, 0.6) is 0 Å². The van der Waals surface area contributed by atoms with E-state index in [1.807, 2.05) is 30.3 Å². The third-order valence-corrected chi connectivity index (χ3v) is 14.8. The first-order valence-electron chi connectivity index (χ1n) is 18.5. The molecule has 54 heavy (non-hydrogen) atoms. The molecule has 9 aromatic rings. The summed E-state index contributed by atoms with van der Waals surface area (Å²) in [7, 11) is -3.19. The fraction of sp³-hybridized carbons (Fsp3) is 0. The minimum Gasteiger partial charge on any atom is -0.309 e. The molecule has 12 rings (SSSR count). The Bertz CT molecular complexity index is 2910. The van der Waals surface area contributed by atoms with E-state index in [0.29, 0.717) is 0 Å². The molecule has 0 aromatic heterocycles. The zero-order valence-electron chi connectivity index (χ0n) is 29.1. The predicted molar refractivity (Wildman–Crippen MR) is 227 cm³/mol. The summed E-state index contributed by atoms with van der Waals surface area (Å²) in [6.07, 6.45) is 0. The maximum Gasteiger partial charge on any atom is 0.172 e. The van der Waals surface area contributed by atoms with Gasteiger partial charge in [0.2, 0.25) is 0 Å². The normalized spacial score (nSPS) is 14.1. The second-order valence-electron chi connectivity index (χ2n) is 14.4. The third kappa shape index (κ3) is 3.89. The molecule has 252 valence electrons. The van der Waals surface area contributed by atoms with Crippen LogP contribution in [0.15, 0.2) is 188 Å². The Morgan fingerprint density at radius 1 is 0.333 bits per heavy atom. The van der Waals surface area contributed by atoms with Crippen molar-refractivity contribution < 1.29 is 4.57 Å². The summed E-state index contributed by atoms with van der Waals surface area (Å²) in [5.41, 5.74) is 13.6. The van der Waals surface area contributed by atoms with E-state index >= 15 is 4.57 Å². The monoisotopic (exact) mass is 706 g/mol. The quantitative estimate of drug-likeness (QED) is 0.171. The molecule has 0 fully saturated rings. The Labute approximate surface area is 313 Å². The van der Waals surface area contributed by atoms with E-state index in [1.54, 1.807) is 0 Å². The Morgan fingerprint density at radius 3 is 1.24 bits per heavy atom. The van der Waals surface area contributed by atoms with Gasteiger partial charge in [-0.15, -0.1) is 0 Å². The van der Waals surface area contributed by atoms with Gasteiger partial charge in [-0.1, -0.05) is 127 Å². The molecule has 0 atom stereocenters. The van der Waals surface area contributed by atoms with Gasteiger partial charge >= 0.3 is 0 Å². The largest absolute Gasteiger partial charge is 0.309 e. The van der Waals surface area contributed by atoms with Crippen LogP contribution in [0, 0.1) is 0 Å². The minimum absolute atomic E-state index is 0.856. The van der Waals surface area contributed by atoms with Crippen molar-refractivity contribution in [2.24, 2.45) is 0 Å². The molecule has 0 radical (unpaired) electrons. The van der Waals surface area contributed by atoms with Crippen molar-refractivity contribution in [2.75, 3.05) is 9.80 Å². The highest BCUT2D eigenvalue weighted by molar-refractivity contribution is 7.86. The van der Waals surface area contributed by atoms with E-state index < -0.39 is 7.14 Å². The van der Waals surface area contributed by atoms with Crippen LogP contribution in [0.4, 0.5) is 34.1 Å². The first-order chi connectivity index (χ1) is 26.7. The molecular weight excluding hydrogens is 676 g/mol. The topological polar surface area (TPSA) is 23.6 Å². The lowest BCUT2D eigenvalue weighted by molar-refractivity contribution is 0.593. The fourth-order valence-corrected chi connectivity index (χ4v) is 12.5. The fourth-order valence-electron chi connectivity index (χ4n) is 9.43. The molecule has 3 nitrogen and oxygen atoms in total. The van der Waals surface area contributed by atoms with Crippen LogP contribution in [-0.2, 0) is 4.57 Å². The molecule has 0 saturated carbocycles. The smallest absolute Gasteiger partial charge is 0.172 e. The maximum absolute atomic E-state index is 15.8. The van der Waals surface area contributed by atoms with E-state index in [0.717, 1.165) is 61.2 Å². The molecule has 3 heterocycles. The number of rotatable bonds is 3. The van der Waals surface area contributed by atoms with Gasteiger partial charge in [0.15, 0.2) is 7.14 Å². The summed E-state index contributed by atoms with van der Waals surface area (Å²) in [4.78, 5) is 4.78. The lowest BCUT2D eigenvalue weighted by atomic mass is 9.90. The molecule has 0 saturated heterocycles. The summed E-state index contributed by atoms with van der Waals surface area (Å²) < 4.78 is 15.8. The van der Waals surface area contributed by atoms with Gasteiger partial charge in [-0.25, -0.2) is 0 Å². The van der Waals surface area contributed by atoms with Gasteiger partial charge in [-0.3, -0.25) is 0 Å². The highest BCUT2D eigenvalue weighted by Gasteiger charge is 2.41. The van der Waals surface area contributed by atoms with Crippen molar-refractivity contribution in [2.45, 2.75) is 0 Å². The number of para-hydroxylation sites is 2. The zero-order chi connectivity index (χ0) is 35.5. The molecule has 4 heteroatoms. The Hall–Kier alpha value is -6.67. The van der Waals surface area contributed by atoms with Crippen LogP contribution in [0.2, 0.25) is 0 Å². The SMILES string of the molecule is O=P1(c2ccccc2)c2ccc(N3c4ccccc4-c4cccc5cccc3c45)cc2-c2cc(N3c4ccccc4-c4cccc5cccc3c45)ccc21. The molecule has 0 amide bonds. The van der Waals surface area contributed by atoms with Gasteiger partial charge < -0.3 is 14.4 Å². The number of nitrogens with zero attached hydrogens (tertiary/aromatic N) is 2. The van der Waals surface area contributed by atoms with Crippen molar-refractivity contribution in [3.8, 4) is 33.4 Å². The van der Waals surface area contributed by atoms with Crippen LogP contribution in [-0.4, -0.2) is 0 Å². The predicted octanol–water partition coefficient (Wildman–Crippen LogP) is 12.5. The third-order valence-electron chi connectivity index (χ3n) is 11.7. The molecule has 0 N–H and O–H groups in total. The van der Waals surface area contributed by atoms with E-state index in [2.05, 4.69) is 168 Å². The summed E-state index contributed by atoms with van der Waals surface area (Å²) in [6.45, 7) is 0. The first-order valence-corrected chi connectivity index (χ1v) is 20.2. The van der Waals surface area contributed by atoms with Gasteiger partial charge in [0, 0.05) is 49.2 Å². The van der Waals surface area contributed by atoms with Gasteiger partial charge in [-0.05, 0) is 93.7 Å². The van der Waals surface area contributed by atoms with E-state index in [4.69, 9.17) is 0 Å². The second-order valence-corrected chi connectivity index (χ2v) is 17.1. The van der Waals surface area contributed by atoms with Gasteiger partial charge in [0.1, 0.15) is 0 Å². The van der Waals surface area contributed by atoms with Crippen LogP contribution in [0.3, 0.4) is 0 Å². The maximum atomic E-state index is 15.8. The van der Waals surface area contributed by atoms with Crippen molar-refractivity contribution in [3.63, 3.8) is 0 Å². The summed E-state index contributed by atoms with van der Waals surface area (Å²) in [6, 6.07) is 66.9. The average molecular weight is 707 g/mol. The Balaban J connectivity index is 1.11. The summed E-state index contributed by atoms with van der Waals surface area (Å²) in [5.74, 6) is 0. The Morgan fingerprint density at radius 2 is 0.741 bits per heavy atom. The highest BCUT2D eigenvalue weighted by atomic mass is 31.2. The summed E-state index contributed by atoms with van der Waals surface area (Å²) >= 11 is 0. The van der Waals surface area contributed by atoms with Crippen molar-refractivity contribution in [3.05, 3.63) is 188 Å². The average Bonchev–Trinajstić information content (AvgIpc) is 3.49. The summed E-state index contributed by atoms with van der Waals surface area (Å²) in [5, 5.41) is 7.56. The molecule has 0 bridgehead atoms. The van der Waals surface area contributed by atoms with Crippen molar-refractivity contribution in [1.29, 1.82) is 0 Å². The molecular formula is C50H31N2OP. The van der Waals surface area contributed by atoms with Crippen molar-refractivity contribution >= 4 is 78.7 Å². The molecule has 3 aliphatic heterocycles. The minimum atomic E-state index is -3.19. The van der Waals surface area contributed by atoms with Gasteiger partial charge in [0.05, 0.1) is 22.7 Å². The van der Waals surface area contributed by atoms with Crippen LogP contribution >= 0.6 is 7.14 Å². The standard InChI is InChI=1S/C50H31N2OP/c53-54(36-16-2-1-3-17-36)47-28-26-34(51-43-22-6-4-18-37(43)39-20-8-12-32-14-10-24-45(51)49(32)39)30-41(47)42-31-35(27-29-48(42)54)52-44-23-7-5-19-38(44)40-21-9-13-33-15-11-25-46(52)50(33)40/h1-31H. The van der Waals surface area contributed by atoms with Crippen molar-refractivity contribution in [1.82, 2.24) is 0 Å². The molecule has 0 unspecified atom stereocenters. The number of benzene rings is 9. The molecule has 9 aromatic carbocycles. The zero-order valence-corrected chi connectivity index (χ0v) is 30.0. The first kappa shape index (κ1) is 29.9. The Kier molecular flexibility index (Phi) is 6.04. The lowest BCUT2D eigenvalue weighted by Crippen LogP contribution is -2.21. The number of fused-ring (bicyclic) bond motifs is 7. The van der Waals surface area contributed by atoms with E-state index in [-0.39, 0.29) is 0 Å². The van der Waals surface area contributed by atoms with E-state index in [1.165, 1.54) is 43.8 Å². The highest BCUT2D eigenvalue weighted by Crippen LogP contribution is 2.57. The number of anilines is 6. The number of hydrogen-bond donors (Lipinski definition) is 0. The van der Waals surface area contributed by atoms with Gasteiger partial charge in [-0.2, -0.15) is 0 Å². The van der Waals surface area contributed by atoms with Gasteiger partial charge in [0.25, 0.3) is 0 Å². The second kappa shape index (κ2) is 10.9. The van der Waals surface area contributed by atoms with Crippen LogP contribution in [0.1, 0.15) is 0 Å². The number of hydrogen-bond acceptors (Lipinski definition) is 3. The molecule has 0 aliphatic carbocycles.